The number of pyridine rings is 1. The van der Waals surface area contributed by atoms with E-state index in [-0.39, 0.29) is 6.04 Å². The molecule has 1 aromatic heterocycles. The SMILES string of the molecule is CNC(c1cccc(C)c1)c1cccc2cnccc12. The molecule has 0 saturated heterocycles. The molecule has 0 spiro atoms. The number of nitrogens with zero attached hydrogens (tertiary/aromatic N) is 1. The van der Waals surface area contributed by atoms with Crippen molar-refractivity contribution in [3.05, 3.63) is 77.6 Å². The highest BCUT2D eigenvalue weighted by molar-refractivity contribution is 5.85. The Hall–Kier alpha value is -2.19. The summed E-state index contributed by atoms with van der Waals surface area (Å²) in [5.41, 5.74) is 3.86. The molecule has 2 nitrogen and oxygen atoms in total. The highest BCUT2D eigenvalue weighted by Crippen LogP contribution is 2.28. The molecule has 3 rings (SSSR count). The summed E-state index contributed by atoms with van der Waals surface area (Å²) in [6, 6.07) is 17.3. The monoisotopic (exact) mass is 262 g/mol. The third-order valence-corrected chi connectivity index (χ3v) is 3.69. The van der Waals surface area contributed by atoms with Gasteiger partial charge in [-0.2, -0.15) is 0 Å². The summed E-state index contributed by atoms with van der Waals surface area (Å²) >= 11 is 0. The van der Waals surface area contributed by atoms with Crippen molar-refractivity contribution in [2.24, 2.45) is 0 Å². The second kappa shape index (κ2) is 5.43. The Kier molecular flexibility index (Phi) is 3.48. The first kappa shape index (κ1) is 12.8. The topological polar surface area (TPSA) is 24.9 Å². The Labute approximate surface area is 119 Å². The first-order valence-corrected chi connectivity index (χ1v) is 6.86. The Balaban J connectivity index is 2.17. The van der Waals surface area contributed by atoms with Crippen LogP contribution in [0.4, 0.5) is 0 Å². The molecule has 0 radical (unpaired) electrons. The normalized spacial score (nSPS) is 12.5. The quantitative estimate of drug-likeness (QED) is 0.775. The van der Waals surface area contributed by atoms with Crippen LogP contribution in [0.25, 0.3) is 10.8 Å². The molecule has 0 saturated carbocycles. The van der Waals surface area contributed by atoms with Crippen LogP contribution in [0.2, 0.25) is 0 Å². The maximum absolute atomic E-state index is 4.21. The first-order chi connectivity index (χ1) is 9.79. The summed E-state index contributed by atoms with van der Waals surface area (Å²) in [7, 11) is 2.01. The van der Waals surface area contributed by atoms with Crippen molar-refractivity contribution in [1.29, 1.82) is 0 Å². The fraction of sp³-hybridized carbons (Fsp3) is 0.167. The van der Waals surface area contributed by atoms with E-state index in [9.17, 15) is 0 Å². The molecule has 0 aliphatic rings. The third-order valence-electron chi connectivity index (χ3n) is 3.69. The molecule has 0 amide bonds. The van der Waals surface area contributed by atoms with Gasteiger partial charge in [0.1, 0.15) is 0 Å². The number of aromatic nitrogens is 1. The molecule has 2 aromatic carbocycles. The standard InChI is InChI=1S/C18H18N2/c1-13-5-3-6-14(11-13)18(19-2)17-8-4-7-15-12-20-10-9-16(15)17/h3-12,18-19H,1-2H3. The summed E-state index contributed by atoms with van der Waals surface area (Å²) in [6.07, 6.45) is 3.77. The van der Waals surface area contributed by atoms with Crippen molar-refractivity contribution in [2.75, 3.05) is 7.05 Å². The molecule has 1 unspecified atom stereocenters. The van der Waals surface area contributed by atoms with Crippen LogP contribution in [0, 0.1) is 6.92 Å². The van der Waals surface area contributed by atoms with Gasteiger partial charge in [-0.15, -0.1) is 0 Å². The molecule has 20 heavy (non-hydrogen) atoms. The number of benzene rings is 2. The number of nitrogens with one attached hydrogen (secondary N) is 1. The molecule has 1 heterocycles. The summed E-state index contributed by atoms with van der Waals surface area (Å²) < 4.78 is 0. The van der Waals surface area contributed by atoms with E-state index in [2.05, 4.69) is 65.8 Å². The van der Waals surface area contributed by atoms with Gasteiger partial charge in [0.25, 0.3) is 0 Å². The van der Waals surface area contributed by atoms with Crippen LogP contribution in [0.15, 0.2) is 60.9 Å². The smallest absolute Gasteiger partial charge is 0.0580 e. The predicted molar refractivity (Wildman–Crippen MR) is 83.8 cm³/mol. The minimum atomic E-state index is 0.195. The lowest BCUT2D eigenvalue weighted by atomic mass is 9.94. The van der Waals surface area contributed by atoms with Gasteiger partial charge in [0, 0.05) is 17.8 Å². The highest BCUT2D eigenvalue weighted by atomic mass is 14.9. The van der Waals surface area contributed by atoms with Crippen molar-refractivity contribution < 1.29 is 0 Å². The summed E-state index contributed by atoms with van der Waals surface area (Å²) in [4.78, 5) is 4.21. The molecule has 100 valence electrons. The lowest BCUT2D eigenvalue weighted by molar-refractivity contribution is 0.696. The molecule has 3 aromatic rings. The second-order valence-electron chi connectivity index (χ2n) is 5.08. The van der Waals surface area contributed by atoms with E-state index in [1.807, 2.05) is 19.4 Å². The van der Waals surface area contributed by atoms with Gasteiger partial charge in [0.15, 0.2) is 0 Å². The fourth-order valence-corrected chi connectivity index (χ4v) is 2.75. The summed E-state index contributed by atoms with van der Waals surface area (Å²) in [5.74, 6) is 0. The van der Waals surface area contributed by atoms with Crippen molar-refractivity contribution in [1.82, 2.24) is 10.3 Å². The maximum Gasteiger partial charge on any atom is 0.0580 e. The van der Waals surface area contributed by atoms with Crippen LogP contribution in [0.1, 0.15) is 22.7 Å². The molecule has 1 atom stereocenters. The number of aryl methyl sites for hydroxylation is 1. The number of rotatable bonds is 3. The van der Waals surface area contributed by atoms with Crippen molar-refractivity contribution in [3.8, 4) is 0 Å². The van der Waals surface area contributed by atoms with Gasteiger partial charge in [0.2, 0.25) is 0 Å². The zero-order valence-corrected chi connectivity index (χ0v) is 11.8. The van der Waals surface area contributed by atoms with Crippen LogP contribution in [-0.2, 0) is 0 Å². The minimum Gasteiger partial charge on any atom is -0.309 e. The Bertz CT molecular complexity index is 729. The van der Waals surface area contributed by atoms with E-state index in [1.165, 1.54) is 27.5 Å². The molecule has 0 bridgehead atoms. The van der Waals surface area contributed by atoms with Crippen LogP contribution in [0.3, 0.4) is 0 Å². The molecule has 1 N–H and O–H groups in total. The molecule has 0 aliphatic heterocycles. The van der Waals surface area contributed by atoms with E-state index in [0.717, 1.165) is 0 Å². The zero-order chi connectivity index (χ0) is 13.9. The molecule has 0 fully saturated rings. The van der Waals surface area contributed by atoms with Gasteiger partial charge in [-0.05, 0) is 36.6 Å². The fourth-order valence-electron chi connectivity index (χ4n) is 2.75. The molecular weight excluding hydrogens is 244 g/mol. The van der Waals surface area contributed by atoms with Crippen LogP contribution < -0.4 is 5.32 Å². The highest BCUT2D eigenvalue weighted by Gasteiger charge is 2.14. The van der Waals surface area contributed by atoms with Crippen molar-refractivity contribution in [2.45, 2.75) is 13.0 Å². The van der Waals surface area contributed by atoms with Gasteiger partial charge >= 0.3 is 0 Å². The maximum atomic E-state index is 4.21. The zero-order valence-electron chi connectivity index (χ0n) is 11.8. The lowest BCUT2D eigenvalue weighted by Gasteiger charge is -2.19. The summed E-state index contributed by atoms with van der Waals surface area (Å²) in [6.45, 7) is 2.13. The number of fused-ring (bicyclic) bond motifs is 1. The Morgan fingerprint density at radius 1 is 1.05 bits per heavy atom. The molecule has 0 aliphatic carbocycles. The van der Waals surface area contributed by atoms with Crippen molar-refractivity contribution in [3.63, 3.8) is 0 Å². The first-order valence-electron chi connectivity index (χ1n) is 6.86. The summed E-state index contributed by atoms with van der Waals surface area (Å²) in [5, 5.41) is 5.87. The van der Waals surface area contributed by atoms with E-state index in [1.54, 1.807) is 0 Å². The average Bonchev–Trinajstić information content (AvgIpc) is 2.48. The van der Waals surface area contributed by atoms with E-state index < -0.39 is 0 Å². The predicted octanol–water partition coefficient (Wildman–Crippen LogP) is 3.85. The Morgan fingerprint density at radius 3 is 2.70 bits per heavy atom. The van der Waals surface area contributed by atoms with Gasteiger partial charge in [0.05, 0.1) is 6.04 Å². The van der Waals surface area contributed by atoms with Crippen LogP contribution >= 0.6 is 0 Å². The number of hydrogen-bond acceptors (Lipinski definition) is 2. The molecular formula is C18H18N2. The average molecular weight is 262 g/mol. The van der Waals surface area contributed by atoms with Gasteiger partial charge < -0.3 is 5.32 Å². The Morgan fingerprint density at radius 2 is 1.90 bits per heavy atom. The van der Waals surface area contributed by atoms with Crippen molar-refractivity contribution >= 4 is 10.8 Å². The third kappa shape index (κ3) is 2.30. The second-order valence-corrected chi connectivity index (χ2v) is 5.08. The van der Waals surface area contributed by atoms with E-state index >= 15 is 0 Å². The van der Waals surface area contributed by atoms with E-state index in [0.29, 0.717) is 0 Å². The number of hydrogen-bond donors (Lipinski definition) is 1. The van der Waals surface area contributed by atoms with Gasteiger partial charge in [-0.1, -0.05) is 48.0 Å². The molecule has 2 heteroatoms. The largest absolute Gasteiger partial charge is 0.309 e. The minimum absolute atomic E-state index is 0.195. The van der Waals surface area contributed by atoms with Crippen LogP contribution in [0.5, 0.6) is 0 Å². The van der Waals surface area contributed by atoms with Gasteiger partial charge in [-0.25, -0.2) is 0 Å². The van der Waals surface area contributed by atoms with E-state index in [4.69, 9.17) is 0 Å². The lowest BCUT2D eigenvalue weighted by Crippen LogP contribution is -2.18. The van der Waals surface area contributed by atoms with Crippen LogP contribution in [-0.4, -0.2) is 12.0 Å². The van der Waals surface area contributed by atoms with Gasteiger partial charge in [-0.3, -0.25) is 4.98 Å².